The zero-order chi connectivity index (χ0) is 18.1. The average Bonchev–Trinajstić information content (AvgIpc) is 3.41. The van der Waals surface area contributed by atoms with E-state index in [0.717, 1.165) is 35.5 Å². The quantitative estimate of drug-likeness (QED) is 0.744. The van der Waals surface area contributed by atoms with Gasteiger partial charge in [-0.05, 0) is 30.9 Å². The van der Waals surface area contributed by atoms with Gasteiger partial charge >= 0.3 is 0 Å². The first-order valence-electron chi connectivity index (χ1n) is 8.69. The molecule has 0 unspecified atom stereocenters. The van der Waals surface area contributed by atoms with Crippen molar-refractivity contribution >= 4 is 5.91 Å². The number of nitrogens with zero attached hydrogens (tertiary/aromatic N) is 2. The van der Waals surface area contributed by atoms with Crippen LogP contribution in [0.1, 0.15) is 40.5 Å². The lowest BCUT2D eigenvalue weighted by Crippen LogP contribution is -2.27. The lowest BCUT2D eigenvalue weighted by atomic mass is 10.1. The van der Waals surface area contributed by atoms with Crippen molar-refractivity contribution in [3.8, 4) is 11.3 Å². The van der Waals surface area contributed by atoms with Crippen LogP contribution in [-0.4, -0.2) is 33.0 Å². The molecule has 1 amide bonds. The third-order valence-corrected chi connectivity index (χ3v) is 4.58. The minimum Gasteiger partial charge on any atom is -0.336 e. The van der Waals surface area contributed by atoms with Gasteiger partial charge in [0.15, 0.2) is 0 Å². The summed E-state index contributed by atoms with van der Waals surface area (Å²) in [7, 11) is 1.73. The largest absolute Gasteiger partial charge is 0.336 e. The number of hydrogen-bond acceptors (Lipinski definition) is 3. The standard InChI is InChI=1S/C20H20N4O2/c1-24(12-16-11-18(23-22-16)13-5-3-2-4-6-13)20(26)15-9-17(14-7-8-14)21-19(25)10-15/h2-6,9-11,14H,7-8,12H2,1H3,(H,21,25)(H,22,23). The molecule has 6 nitrogen and oxygen atoms in total. The van der Waals surface area contributed by atoms with Crippen molar-refractivity contribution < 1.29 is 4.79 Å². The van der Waals surface area contributed by atoms with Crippen LogP contribution in [0.4, 0.5) is 0 Å². The summed E-state index contributed by atoms with van der Waals surface area (Å²) in [5.41, 5.74) is 3.77. The number of nitrogens with one attached hydrogen (secondary N) is 2. The second-order valence-corrected chi connectivity index (χ2v) is 6.77. The summed E-state index contributed by atoms with van der Waals surface area (Å²) in [5.74, 6) is 0.218. The maximum absolute atomic E-state index is 12.7. The normalized spacial score (nSPS) is 13.6. The van der Waals surface area contributed by atoms with E-state index in [1.165, 1.54) is 6.07 Å². The Kier molecular flexibility index (Phi) is 4.16. The van der Waals surface area contributed by atoms with E-state index in [9.17, 15) is 9.59 Å². The smallest absolute Gasteiger partial charge is 0.254 e. The van der Waals surface area contributed by atoms with Crippen LogP contribution in [0.3, 0.4) is 0 Å². The molecule has 2 heterocycles. The van der Waals surface area contributed by atoms with Gasteiger partial charge in [0, 0.05) is 29.9 Å². The molecule has 2 aromatic heterocycles. The number of aromatic amines is 2. The van der Waals surface area contributed by atoms with Gasteiger partial charge in [-0.15, -0.1) is 0 Å². The number of amides is 1. The maximum Gasteiger partial charge on any atom is 0.254 e. The van der Waals surface area contributed by atoms with Gasteiger partial charge in [-0.2, -0.15) is 5.10 Å². The molecule has 1 saturated carbocycles. The van der Waals surface area contributed by atoms with Gasteiger partial charge in [0.25, 0.3) is 5.91 Å². The molecule has 1 aromatic carbocycles. The third kappa shape index (κ3) is 3.44. The summed E-state index contributed by atoms with van der Waals surface area (Å²) in [6.07, 6.45) is 2.14. The van der Waals surface area contributed by atoms with E-state index in [-0.39, 0.29) is 11.5 Å². The number of H-pyrrole nitrogens is 2. The number of hydrogen-bond donors (Lipinski definition) is 2. The number of benzene rings is 1. The highest BCUT2D eigenvalue weighted by Crippen LogP contribution is 2.38. The van der Waals surface area contributed by atoms with Crippen molar-refractivity contribution in [1.29, 1.82) is 0 Å². The highest BCUT2D eigenvalue weighted by Gasteiger charge is 2.26. The molecule has 3 aromatic rings. The second-order valence-electron chi connectivity index (χ2n) is 6.77. The summed E-state index contributed by atoms with van der Waals surface area (Å²) < 4.78 is 0. The van der Waals surface area contributed by atoms with Crippen molar-refractivity contribution in [3.05, 3.63) is 75.8 Å². The fourth-order valence-electron chi connectivity index (χ4n) is 3.05. The van der Waals surface area contributed by atoms with E-state index in [1.54, 1.807) is 18.0 Å². The molecule has 0 saturated heterocycles. The molecule has 0 bridgehead atoms. The SMILES string of the molecule is CN(Cc1cc(-c2ccccc2)n[nH]1)C(=O)c1cc(C2CC2)[nH]c(=O)c1. The predicted octanol–water partition coefficient (Wildman–Crippen LogP) is 2.91. The summed E-state index contributed by atoms with van der Waals surface area (Å²) >= 11 is 0. The Balaban J connectivity index is 1.50. The fourth-order valence-corrected chi connectivity index (χ4v) is 3.05. The highest BCUT2D eigenvalue weighted by molar-refractivity contribution is 5.94. The van der Waals surface area contributed by atoms with E-state index in [0.29, 0.717) is 18.0 Å². The van der Waals surface area contributed by atoms with Gasteiger partial charge in [-0.3, -0.25) is 14.7 Å². The first-order chi connectivity index (χ1) is 12.6. The van der Waals surface area contributed by atoms with Crippen LogP contribution in [0.2, 0.25) is 0 Å². The lowest BCUT2D eigenvalue weighted by molar-refractivity contribution is 0.0783. The van der Waals surface area contributed by atoms with E-state index in [2.05, 4.69) is 15.2 Å². The zero-order valence-electron chi connectivity index (χ0n) is 14.5. The molecule has 0 radical (unpaired) electrons. The summed E-state index contributed by atoms with van der Waals surface area (Å²) in [4.78, 5) is 29.0. The topological polar surface area (TPSA) is 81.8 Å². The Morgan fingerprint density at radius 2 is 1.96 bits per heavy atom. The molecule has 132 valence electrons. The Bertz CT molecular complexity index is 986. The molecule has 6 heteroatoms. The van der Waals surface area contributed by atoms with Crippen LogP contribution in [0, 0.1) is 0 Å². The fraction of sp³-hybridized carbons (Fsp3) is 0.250. The van der Waals surface area contributed by atoms with Crippen molar-refractivity contribution in [3.63, 3.8) is 0 Å². The van der Waals surface area contributed by atoms with Gasteiger partial charge in [-0.25, -0.2) is 0 Å². The van der Waals surface area contributed by atoms with Crippen LogP contribution in [-0.2, 0) is 6.54 Å². The molecule has 4 rings (SSSR count). The van der Waals surface area contributed by atoms with Gasteiger partial charge in [-0.1, -0.05) is 30.3 Å². The molecule has 0 spiro atoms. The second kappa shape index (κ2) is 6.63. The van der Waals surface area contributed by atoms with Crippen LogP contribution >= 0.6 is 0 Å². The Morgan fingerprint density at radius 1 is 1.19 bits per heavy atom. The molecular weight excluding hydrogens is 328 g/mol. The minimum atomic E-state index is -0.223. The molecule has 1 aliphatic rings. The first kappa shape index (κ1) is 16.3. The Labute approximate surface area is 150 Å². The third-order valence-electron chi connectivity index (χ3n) is 4.58. The van der Waals surface area contributed by atoms with Crippen LogP contribution in [0.15, 0.2) is 53.3 Å². The van der Waals surface area contributed by atoms with Gasteiger partial charge in [0.1, 0.15) is 0 Å². The van der Waals surface area contributed by atoms with E-state index < -0.39 is 0 Å². The number of pyridine rings is 1. The maximum atomic E-state index is 12.7. The van der Waals surface area contributed by atoms with Gasteiger partial charge in [0.2, 0.25) is 5.56 Å². The van der Waals surface area contributed by atoms with E-state index in [1.807, 2.05) is 36.4 Å². The molecule has 26 heavy (non-hydrogen) atoms. The summed E-state index contributed by atoms with van der Waals surface area (Å²) in [6, 6.07) is 15.0. The first-order valence-corrected chi connectivity index (χ1v) is 8.69. The average molecular weight is 348 g/mol. The van der Waals surface area contributed by atoms with Crippen LogP contribution in [0.25, 0.3) is 11.3 Å². The molecule has 0 aliphatic heterocycles. The van der Waals surface area contributed by atoms with Crippen molar-refractivity contribution in [2.75, 3.05) is 7.05 Å². The van der Waals surface area contributed by atoms with Crippen molar-refractivity contribution in [1.82, 2.24) is 20.1 Å². The Morgan fingerprint density at radius 3 is 2.69 bits per heavy atom. The minimum absolute atomic E-state index is 0.172. The summed E-state index contributed by atoms with van der Waals surface area (Å²) in [6.45, 7) is 0.393. The zero-order valence-corrected chi connectivity index (χ0v) is 14.5. The number of aromatic nitrogens is 3. The number of rotatable bonds is 5. The summed E-state index contributed by atoms with van der Waals surface area (Å²) in [5, 5.41) is 7.29. The van der Waals surface area contributed by atoms with Crippen molar-refractivity contribution in [2.24, 2.45) is 0 Å². The predicted molar refractivity (Wildman–Crippen MR) is 98.9 cm³/mol. The number of carbonyl (C=O) groups excluding carboxylic acids is 1. The van der Waals surface area contributed by atoms with Gasteiger partial charge < -0.3 is 9.88 Å². The molecule has 1 aliphatic carbocycles. The van der Waals surface area contributed by atoms with E-state index in [4.69, 9.17) is 0 Å². The van der Waals surface area contributed by atoms with E-state index >= 15 is 0 Å². The van der Waals surface area contributed by atoms with Crippen LogP contribution in [0.5, 0.6) is 0 Å². The number of carbonyl (C=O) groups is 1. The van der Waals surface area contributed by atoms with Gasteiger partial charge in [0.05, 0.1) is 17.9 Å². The molecule has 2 N–H and O–H groups in total. The monoisotopic (exact) mass is 348 g/mol. The lowest BCUT2D eigenvalue weighted by Gasteiger charge is -2.16. The van der Waals surface area contributed by atoms with Crippen molar-refractivity contribution in [2.45, 2.75) is 25.3 Å². The molecular formula is C20H20N4O2. The molecule has 1 fully saturated rings. The van der Waals surface area contributed by atoms with Crippen LogP contribution < -0.4 is 5.56 Å². The highest BCUT2D eigenvalue weighted by atomic mass is 16.2. The molecule has 0 atom stereocenters. The Hall–Kier alpha value is -3.15.